The van der Waals surface area contributed by atoms with Crippen LogP contribution in [0.2, 0.25) is 0 Å². The summed E-state index contributed by atoms with van der Waals surface area (Å²) in [5.74, 6) is 0.798. The Morgan fingerprint density at radius 1 is 1.03 bits per heavy atom. The van der Waals surface area contributed by atoms with Gasteiger partial charge >= 0.3 is 6.03 Å². The van der Waals surface area contributed by atoms with E-state index in [1.807, 2.05) is 61.5 Å². The maximum absolute atomic E-state index is 14.1. The molecule has 0 saturated heterocycles. The largest absolute Gasteiger partial charge is 0.494 e. The zero-order valence-corrected chi connectivity index (χ0v) is 23.1. The highest BCUT2D eigenvalue weighted by atomic mass is 32.1. The van der Waals surface area contributed by atoms with Crippen LogP contribution >= 0.6 is 11.3 Å². The lowest BCUT2D eigenvalue weighted by atomic mass is 9.95. The monoisotopic (exact) mass is 526 g/mol. The summed E-state index contributed by atoms with van der Waals surface area (Å²) in [6, 6.07) is 20.1. The van der Waals surface area contributed by atoms with Gasteiger partial charge in [-0.25, -0.2) is 4.79 Å². The van der Waals surface area contributed by atoms with E-state index in [9.17, 15) is 4.79 Å². The topological polar surface area (TPSA) is 49.7 Å². The molecule has 1 aliphatic carbocycles. The lowest BCUT2D eigenvalue weighted by molar-refractivity contribution is 0.194. The third kappa shape index (κ3) is 4.45. The molecule has 1 aliphatic heterocycles. The third-order valence-electron chi connectivity index (χ3n) is 7.58. The van der Waals surface area contributed by atoms with Crippen LogP contribution in [-0.2, 0) is 19.4 Å². The number of carbonyl (C=O) groups excluding carboxylic acids is 1. The van der Waals surface area contributed by atoms with E-state index >= 15 is 0 Å². The predicted octanol–water partition coefficient (Wildman–Crippen LogP) is 7.02. The number of fused-ring (bicyclic) bond motifs is 5. The fourth-order valence-electron chi connectivity index (χ4n) is 5.69. The Balaban J connectivity index is 1.43. The molecule has 196 valence electrons. The van der Waals surface area contributed by atoms with Gasteiger partial charge in [0.15, 0.2) is 0 Å². The van der Waals surface area contributed by atoms with Crippen LogP contribution in [-0.4, -0.2) is 36.2 Å². The summed E-state index contributed by atoms with van der Waals surface area (Å²) in [6.07, 6.45) is 6.84. The SMILES string of the molecule is CCOc1ccc(NC(=O)N2Cc3c(sc4c3CCCC4)-n3cccc3[C@H]2c2ccc(N(C)C)cc2)cc1. The van der Waals surface area contributed by atoms with E-state index in [0.29, 0.717) is 13.2 Å². The number of thiophene rings is 1. The zero-order valence-electron chi connectivity index (χ0n) is 22.2. The molecular formula is C31H34N4O2S. The molecule has 38 heavy (non-hydrogen) atoms. The van der Waals surface area contributed by atoms with Crippen LogP contribution in [0.3, 0.4) is 0 Å². The van der Waals surface area contributed by atoms with Gasteiger partial charge in [-0.3, -0.25) is 0 Å². The van der Waals surface area contributed by atoms with Gasteiger partial charge in [-0.2, -0.15) is 0 Å². The van der Waals surface area contributed by atoms with Crippen molar-refractivity contribution in [3.63, 3.8) is 0 Å². The number of ether oxygens (including phenoxy) is 1. The minimum atomic E-state index is -0.220. The molecule has 1 atom stereocenters. The van der Waals surface area contributed by atoms with Gasteiger partial charge in [0, 0.05) is 42.1 Å². The van der Waals surface area contributed by atoms with Gasteiger partial charge in [-0.05, 0) is 92.3 Å². The Morgan fingerprint density at radius 2 is 1.79 bits per heavy atom. The minimum Gasteiger partial charge on any atom is -0.494 e. The first-order valence-electron chi connectivity index (χ1n) is 13.4. The van der Waals surface area contributed by atoms with Crippen molar-refractivity contribution in [1.82, 2.24) is 9.47 Å². The highest BCUT2D eigenvalue weighted by Crippen LogP contribution is 2.44. The third-order valence-corrected chi connectivity index (χ3v) is 8.91. The van der Waals surface area contributed by atoms with E-state index in [-0.39, 0.29) is 12.1 Å². The van der Waals surface area contributed by atoms with Crippen LogP contribution in [0.25, 0.3) is 5.00 Å². The van der Waals surface area contributed by atoms with Gasteiger partial charge in [0.1, 0.15) is 10.8 Å². The number of urea groups is 1. The van der Waals surface area contributed by atoms with Gasteiger partial charge in [0.2, 0.25) is 0 Å². The number of amides is 2. The molecule has 0 spiro atoms. The van der Waals surface area contributed by atoms with Crippen LogP contribution in [0.5, 0.6) is 5.75 Å². The Kier molecular flexibility index (Phi) is 6.62. The minimum absolute atomic E-state index is 0.104. The summed E-state index contributed by atoms with van der Waals surface area (Å²) in [5, 5.41) is 4.45. The van der Waals surface area contributed by atoms with E-state index in [1.165, 1.54) is 33.8 Å². The summed E-state index contributed by atoms with van der Waals surface area (Å²) in [4.78, 5) is 19.7. The molecule has 3 heterocycles. The number of hydrogen-bond acceptors (Lipinski definition) is 4. The first kappa shape index (κ1) is 24.6. The average molecular weight is 527 g/mol. The molecule has 2 aromatic heterocycles. The van der Waals surface area contributed by atoms with E-state index in [0.717, 1.165) is 41.2 Å². The van der Waals surface area contributed by atoms with Gasteiger partial charge in [-0.15, -0.1) is 11.3 Å². The van der Waals surface area contributed by atoms with E-state index in [2.05, 4.69) is 57.4 Å². The number of aryl methyl sites for hydroxylation is 1. The van der Waals surface area contributed by atoms with Crippen molar-refractivity contribution in [2.45, 2.75) is 45.2 Å². The summed E-state index contributed by atoms with van der Waals surface area (Å²) < 4.78 is 7.91. The zero-order chi connectivity index (χ0) is 26.2. The van der Waals surface area contributed by atoms with Gasteiger partial charge < -0.3 is 24.4 Å². The van der Waals surface area contributed by atoms with Crippen LogP contribution in [0.15, 0.2) is 66.9 Å². The first-order valence-corrected chi connectivity index (χ1v) is 14.2. The van der Waals surface area contributed by atoms with Crippen molar-refractivity contribution in [3.05, 3.63) is 94.1 Å². The lowest BCUT2D eigenvalue weighted by Crippen LogP contribution is -2.38. The van der Waals surface area contributed by atoms with Crippen LogP contribution in [0.1, 0.15) is 53.1 Å². The maximum atomic E-state index is 14.1. The van der Waals surface area contributed by atoms with E-state index in [4.69, 9.17) is 4.74 Å². The average Bonchev–Trinajstić information content (AvgIpc) is 3.52. The summed E-state index contributed by atoms with van der Waals surface area (Å²) in [5.41, 5.74) is 6.86. The van der Waals surface area contributed by atoms with Crippen LogP contribution in [0, 0.1) is 0 Å². The molecule has 2 aliphatic rings. The molecule has 0 fully saturated rings. The smallest absolute Gasteiger partial charge is 0.322 e. The Labute approximate surface area is 228 Å². The quantitative estimate of drug-likeness (QED) is 0.304. The highest BCUT2D eigenvalue weighted by Gasteiger charge is 2.36. The Hall–Kier alpha value is -3.71. The lowest BCUT2D eigenvalue weighted by Gasteiger charge is -2.31. The van der Waals surface area contributed by atoms with E-state index in [1.54, 1.807) is 0 Å². The van der Waals surface area contributed by atoms with Gasteiger partial charge in [0.05, 0.1) is 24.9 Å². The van der Waals surface area contributed by atoms with Crippen molar-refractivity contribution in [2.24, 2.45) is 0 Å². The molecule has 2 amide bonds. The number of rotatable bonds is 5. The molecule has 7 heteroatoms. The van der Waals surface area contributed by atoms with Crippen LogP contribution < -0.4 is 15.0 Å². The second-order valence-corrected chi connectivity index (χ2v) is 11.3. The number of benzene rings is 2. The van der Waals surface area contributed by atoms with E-state index < -0.39 is 0 Å². The highest BCUT2D eigenvalue weighted by molar-refractivity contribution is 7.15. The molecule has 0 unspecified atom stereocenters. The van der Waals surface area contributed by atoms with Gasteiger partial charge in [-0.1, -0.05) is 12.1 Å². The van der Waals surface area contributed by atoms with Crippen molar-refractivity contribution in [1.29, 1.82) is 0 Å². The van der Waals surface area contributed by atoms with Gasteiger partial charge in [0.25, 0.3) is 0 Å². The number of hydrogen-bond donors (Lipinski definition) is 1. The molecule has 4 aromatic rings. The van der Waals surface area contributed by atoms with Crippen molar-refractivity contribution < 1.29 is 9.53 Å². The van der Waals surface area contributed by atoms with Crippen molar-refractivity contribution in [2.75, 3.05) is 30.9 Å². The number of carbonyl (C=O) groups is 1. The summed E-state index contributed by atoms with van der Waals surface area (Å²) >= 11 is 1.91. The fourth-order valence-corrected chi connectivity index (χ4v) is 7.09. The predicted molar refractivity (Wildman–Crippen MR) is 155 cm³/mol. The molecule has 0 saturated carbocycles. The Bertz CT molecular complexity index is 1440. The molecule has 2 aromatic carbocycles. The fraction of sp³-hybridized carbons (Fsp3) is 0.323. The molecule has 6 rings (SSSR count). The number of aromatic nitrogens is 1. The summed E-state index contributed by atoms with van der Waals surface area (Å²) in [7, 11) is 4.09. The standard InChI is InChI=1S/C31H34N4O2S/c1-4-37-24-17-13-22(14-18-24)32-31(36)35-20-26-25-8-5-6-10-28(25)38-30(26)34-19-7-9-27(34)29(35)21-11-15-23(16-12-21)33(2)3/h7,9,11-19,29H,4-6,8,10,20H2,1-3H3,(H,32,36)/t29-/m1/s1. The molecular weight excluding hydrogens is 492 g/mol. The second-order valence-electron chi connectivity index (χ2n) is 10.2. The van der Waals surface area contributed by atoms with Crippen molar-refractivity contribution >= 4 is 28.7 Å². The van der Waals surface area contributed by atoms with Crippen LogP contribution in [0.4, 0.5) is 16.2 Å². The molecule has 0 radical (unpaired) electrons. The Morgan fingerprint density at radius 3 is 2.53 bits per heavy atom. The summed E-state index contributed by atoms with van der Waals surface area (Å²) in [6.45, 7) is 3.15. The first-order chi connectivity index (χ1) is 18.5. The normalized spacial score (nSPS) is 16.2. The molecule has 6 nitrogen and oxygen atoms in total. The molecule has 0 bridgehead atoms. The maximum Gasteiger partial charge on any atom is 0.322 e. The van der Waals surface area contributed by atoms with Crippen molar-refractivity contribution in [3.8, 4) is 10.8 Å². The number of nitrogens with zero attached hydrogens (tertiary/aromatic N) is 3. The number of anilines is 2. The second kappa shape index (κ2) is 10.2. The number of nitrogens with one attached hydrogen (secondary N) is 1. The molecule has 1 N–H and O–H groups in total.